The van der Waals surface area contributed by atoms with Crippen molar-refractivity contribution in [3.8, 4) is 6.07 Å². The summed E-state index contributed by atoms with van der Waals surface area (Å²) in [5.41, 5.74) is 41.1. The fourth-order valence-corrected chi connectivity index (χ4v) is 8.43. The van der Waals surface area contributed by atoms with E-state index < -0.39 is 121 Å². The number of carbonyl (C=O) groups is 10. The molecule has 0 unspecified atom stereocenters. The predicted molar refractivity (Wildman–Crippen MR) is 280 cm³/mol. The molecule has 0 aliphatic carbocycles. The summed E-state index contributed by atoms with van der Waals surface area (Å²) in [6, 6.07) is 3.40. The molecule has 2 heterocycles. The van der Waals surface area contributed by atoms with E-state index >= 15 is 4.79 Å². The maximum Gasteiger partial charge on any atom is 0.252 e. The van der Waals surface area contributed by atoms with Gasteiger partial charge in [0.05, 0.1) is 18.1 Å². The Balaban J connectivity index is 1.95. The van der Waals surface area contributed by atoms with Crippen LogP contribution < -0.4 is 72.0 Å². The lowest BCUT2D eigenvalue weighted by molar-refractivity contribution is -0.154. The minimum atomic E-state index is -1.87. The van der Waals surface area contributed by atoms with Crippen molar-refractivity contribution in [1.82, 2.24) is 41.8 Å². The molecule has 1 aromatic heterocycles. The Morgan fingerprint density at radius 3 is 1.99 bits per heavy atom. The first-order valence-corrected chi connectivity index (χ1v) is 24.7. The molecule has 1 aliphatic rings. The van der Waals surface area contributed by atoms with Gasteiger partial charge >= 0.3 is 0 Å². The summed E-state index contributed by atoms with van der Waals surface area (Å²) in [6.07, 6.45) is -1.62. The summed E-state index contributed by atoms with van der Waals surface area (Å²) in [4.78, 5) is 152. The number of hydrogen-bond donors (Lipinski definition) is 14. The van der Waals surface area contributed by atoms with Gasteiger partial charge in [0.15, 0.2) is 11.9 Å². The zero-order valence-corrected chi connectivity index (χ0v) is 42.5. The number of H-pyrrole nitrogens is 1. The van der Waals surface area contributed by atoms with Gasteiger partial charge in [-0.05, 0) is 80.8 Å². The number of imide groups is 1. The number of benzene rings is 2. The molecule has 10 amide bonds. The first-order chi connectivity index (χ1) is 36.6. The molecule has 7 atom stereocenters. The second-order valence-corrected chi connectivity index (χ2v) is 18.2. The van der Waals surface area contributed by atoms with Gasteiger partial charge in [0.1, 0.15) is 42.3 Å². The van der Waals surface area contributed by atoms with Gasteiger partial charge in [0.25, 0.3) is 5.91 Å². The third-order valence-corrected chi connectivity index (χ3v) is 12.2. The smallest absolute Gasteiger partial charge is 0.252 e. The maximum atomic E-state index is 15.3. The number of carbonyl (C=O) groups excluding carboxylic acids is 10. The highest BCUT2D eigenvalue weighted by Crippen LogP contribution is 2.22. The summed E-state index contributed by atoms with van der Waals surface area (Å²) in [7, 11) is 0. The number of aliphatic imine (C=N–C) groups is 2. The van der Waals surface area contributed by atoms with Crippen LogP contribution >= 0.6 is 0 Å². The Kier molecular flexibility index (Phi) is 23.3. The molecule has 1 aliphatic heterocycles. The van der Waals surface area contributed by atoms with Crippen LogP contribution in [0.15, 0.2) is 64.7 Å². The first kappa shape index (κ1) is 60.4. The quantitative estimate of drug-likeness (QED) is 0.0195. The van der Waals surface area contributed by atoms with Crippen LogP contribution in [-0.2, 0) is 60.8 Å². The number of primary amides is 2. The summed E-state index contributed by atoms with van der Waals surface area (Å²) in [5, 5.41) is 25.3. The van der Waals surface area contributed by atoms with Crippen LogP contribution in [0, 0.1) is 11.3 Å². The maximum absolute atomic E-state index is 15.3. The van der Waals surface area contributed by atoms with Crippen LogP contribution in [0.4, 0.5) is 0 Å². The Morgan fingerprint density at radius 1 is 0.753 bits per heavy atom. The lowest BCUT2D eigenvalue weighted by atomic mass is 9.99. The zero-order chi connectivity index (χ0) is 56.8. The molecule has 4 rings (SSSR count). The molecule has 2 aromatic carbocycles. The number of nitrogens with zero attached hydrogens (tertiary/aromatic N) is 4. The van der Waals surface area contributed by atoms with Gasteiger partial charge in [0.2, 0.25) is 53.2 Å². The minimum absolute atomic E-state index is 0.0152. The van der Waals surface area contributed by atoms with E-state index in [1.807, 2.05) is 6.07 Å². The normalized spacial score (nSPS) is 19.6. The van der Waals surface area contributed by atoms with Crippen molar-refractivity contribution in [2.45, 2.75) is 120 Å². The van der Waals surface area contributed by atoms with Gasteiger partial charge in [-0.15, -0.1) is 0 Å². The van der Waals surface area contributed by atoms with E-state index in [2.05, 4.69) is 46.9 Å². The number of nitrogens with two attached hydrogens (primary N) is 7. The molecule has 414 valence electrons. The number of fused-ring (bicyclic) bond motifs is 1. The van der Waals surface area contributed by atoms with Crippen molar-refractivity contribution < 1.29 is 47.9 Å². The van der Waals surface area contributed by atoms with Crippen LogP contribution in [0.1, 0.15) is 81.4 Å². The molecule has 3 aromatic rings. The molecule has 28 nitrogen and oxygen atoms in total. The third kappa shape index (κ3) is 18.9. The van der Waals surface area contributed by atoms with Crippen molar-refractivity contribution in [2.24, 2.45) is 50.1 Å². The van der Waals surface area contributed by atoms with Gasteiger partial charge in [-0.3, -0.25) is 62.8 Å². The fourth-order valence-electron chi connectivity index (χ4n) is 8.43. The Bertz CT molecular complexity index is 2730. The lowest BCUT2D eigenvalue weighted by Crippen LogP contribution is -2.62. The molecule has 0 radical (unpaired) electrons. The monoisotopic (exact) mass is 1070 g/mol. The van der Waals surface area contributed by atoms with Gasteiger partial charge in [-0.1, -0.05) is 30.3 Å². The molecule has 0 saturated carbocycles. The van der Waals surface area contributed by atoms with Crippen molar-refractivity contribution in [1.29, 1.82) is 5.26 Å². The largest absolute Gasteiger partial charge is 0.370 e. The highest BCUT2D eigenvalue weighted by atomic mass is 16.2. The van der Waals surface area contributed by atoms with E-state index in [-0.39, 0.29) is 88.5 Å². The highest BCUT2D eigenvalue weighted by Gasteiger charge is 2.41. The summed E-state index contributed by atoms with van der Waals surface area (Å²) >= 11 is 0. The molecule has 77 heavy (non-hydrogen) atoms. The molecule has 0 spiro atoms. The van der Waals surface area contributed by atoms with E-state index in [1.54, 1.807) is 30.5 Å². The number of aromatic amines is 1. The van der Waals surface area contributed by atoms with E-state index in [4.69, 9.17) is 40.1 Å². The molecular weight excluding hydrogens is 1000 g/mol. The average molecular weight is 1070 g/mol. The summed E-state index contributed by atoms with van der Waals surface area (Å²) in [5.74, 6) is -10.9. The van der Waals surface area contributed by atoms with E-state index in [0.717, 1.165) is 6.92 Å². The van der Waals surface area contributed by atoms with Crippen LogP contribution in [0.5, 0.6) is 0 Å². The molecule has 1 saturated heterocycles. The molecule has 0 bridgehead atoms. The highest BCUT2D eigenvalue weighted by molar-refractivity contribution is 6.05. The second kappa shape index (κ2) is 29.7. The Morgan fingerprint density at radius 2 is 1.36 bits per heavy atom. The molecule has 1 fully saturated rings. The second-order valence-electron chi connectivity index (χ2n) is 18.2. The van der Waals surface area contributed by atoms with Crippen LogP contribution in [0.3, 0.4) is 0 Å². The first-order valence-electron chi connectivity index (χ1n) is 24.7. The van der Waals surface area contributed by atoms with Gasteiger partial charge in [-0.2, -0.15) is 5.26 Å². The lowest BCUT2D eigenvalue weighted by Gasteiger charge is -2.33. The van der Waals surface area contributed by atoms with E-state index in [1.165, 1.54) is 24.3 Å². The van der Waals surface area contributed by atoms with Crippen molar-refractivity contribution in [3.63, 3.8) is 0 Å². The Hall–Kier alpha value is -9.13. The number of aromatic nitrogens is 1. The number of rotatable bonds is 22. The summed E-state index contributed by atoms with van der Waals surface area (Å²) in [6.45, 7) is 1.13. The minimum Gasteiger partial charge on any atom is -0.370 e. The van der Waals surface area contributed by atoms with Crippen LogP contribution in [0.25, 0.3) is 10.9 Å². The van der Waals surface area contributed by atoms with E-state index in [9.17, 15) is 48.4 Å². The number of nitriles is 1. The van der Waals surface area contributed by atoms with Crippen molar-refractivity contribution in [3.05, 3.63) is 71.4 Å². The number of guanidine groups is 2. The topological polar surface area (TPSA) is 493 Å². The predicted octanol–water partition coefficient (Wildman–Crippen LogP) is -4.52. The van der Waals surface area contributed by atoms with Crippen LogP contribution in [-0.4, -0.2) is 143 Å². The third-order valence-electron chi connectivity index (χ3n) is 12.2. The van der Waals surface area contributed by atoms with Gasteiger partial charge < -0.3 is 77.0 Å². The molecule has 28 heteroatoms. The van der Waals surface area contributed by atoms with Gasteiger partial charge in [0, 0.05) is 56.4 Å². The number of nitrogens with one attached hydrogen (secondary N) is 7. The fraction of sp³-hybridized carbons (Fsp3) is 0.449. The number of para-hydroxylation sites is 1. The molecule has 21 N–H and O–H groups in total. The number of amides is 10. The van der Waals surface area contributed by atoms with Gasteiger partial charge in [-0.25, -0.2) is 0 Å². The van der Waals surface area contributed by atoms with Crippen LogP contribution in [0.2, 0.25) is 0 Å². The van der Waals surface area contributed by atoms with E-state index in [0.29, 0.717) is 26.9 Å². The average Bonchev–Trinajstić information content (AvgIpc) is 3.78. The van der Waals surface area contributed by atoms with Crippen molar-refractivity contribution >= 4 is 81.9 Å². The van der Waals surface area contributed by atoms with Crippen molar-refractivity contribution in [2.75, 3.05) is 19.6 Å². The zero-order valence-electron chi connectivity index (χ0n) is 42.5. The standard InChI is InChI=1S/C49H68N18O10/c1-26(68)61-32(9-5-19-58-48(54)55)42(72)63-34-16-17-40(70)67(38(41(53)71)11-4-18-50)47(77)37(22-29-25-60-31-8-3-2-7-30(29)31)66-43(73)33(10-6-20-59-49(56)57)62-45(75)35(21-27-12-14-28(24-51)15-13-27)64-46(76)36(23-39(52)69)65-44(34)74/h2-3,7-8,12-15,25,32-38,60H,4-6,9-11,16-23,50H2,1H3,(H2,52,69)(H2,53,71)(H,61,68)(H,62,75)(H,63,72)(H,64,76)(H,65,74)(H,66,73)(H4,54,55,58)(H4,56,57,59)/t32-,33-,34-,35+,36-,37-,38-/m0/s1. The SMILES string of the molecule is CC(=O)N[C@@H](CCCN=C(N)N)C(=O)N[C@H]1CCC(=O)N([C@@H](CCCN)C(N)=O)C(=O)[C@H](Cc2c[nH]c3ccccc23)NC(=O)[C@H](CCCN=C(N)N)NC(=O)[C@@H](Cc2ccc(C#N)cc2)NC(=O)[C@H](CC(N)=O)NC1=O. The number of hydrogen-bond acceptors (Lipinski definition) is 14. The molecular formula is C49H68N18O10. The Labute approximate surface area is 442 Å². The summed E-state index contributed by atoms with van der Waals surface area (Å²) < 4.78 is 0.